The quantitative estimate of drug-likeness (QED) is 0.495. The van der Waals surface area contributed by atoms with E-state index in [9.17, 15) is 0 Å². The van der Waals surface area contributed by atoms with Gasteiger partial charge in [-0.15, -0.1) is 5.73 Å². The summed E-state index contributed by atoms with van der Waals surface area (Å²) in [6, 6.07) is 0. The Labute approximate surface area is 96.5 Å². The Morgan fingerprint density at radius 2 is 1.93 bits per heavy atom. The molecule has 0 heteroatoms. The first kappa shape index (κ1) is 14.5. The molecule has 1 atom stereocenters. The lowest BCUT2D eigenvalue weighted by Crippen LogP contribution is -2.07. The van der Waals surface area contributed by atoms with Crippen LogP contribution in [0.3, 0.4) is 0 Å². The second kappa shape index (κ2) is 8.80. The number of rotatable bonds is 7. The topological polar surface area (TPSA) is 0 Å². The van der Waals surface area contributed by atoms with Gasteiger partial charge in [-0.1, -0.05) is 40.5 Å². The molecule has 0 fully saturated rings. The molecule has 0 nitrogen and oxygen atoms in total. The Balaban J connectivity index is 4.51. The highest BCUT2D eigenvalue weighted by atomic mass is 14.2. The van der Waals surface area contributed by atoms with Crippen LogP contribution in [0.2, 0.25) is 0 Å². The van der Waals surface area contributed by atoms with E-state index in [1.54, 1.807) is 0 Å². The average Bonchev–Trinajstić information content (AvgIpc) is 2.20. The minimum Gasteiger partial charge on any atom is -0.126 e. The molecule has 0 rings (SSSR count). The van der Waals surface area contributed by atoms with E-state index < -0.39 is 0 Å². The normalized spacial score (nSPS) is 12.4. The lowest BCUT2D eigenvalue weighted by Gasteiger charge is -2.20. The number of hydrogen-bond donors (Lipinski definition) is 0. The van der Waals surface area contributed by atoms with Crippen molar-refractivity contribution in [3.8, 4) is 0 Å². The SMILES string of the molecule is CC=C=C(CC)C(CCCC)CC(C)C. The van der Waals surface area contributed by atoms with Gasteiger partial charge in [0.1, 0.15) is 0 Å². The molecule has 0 spiro atoms. The zero-order chi connectivity index (χ0) is 11.7. The fraction of sp³-hybridized carbons (Fsp3) is 0.800. The second-order valence-corrected chi connectivity index (χ2v) is 4.78. The number of hydrogen-bond acceptors (Lipinski definition) is 0. The van der Waals surface area contributed by atoms with Crippen molar-refractivity contribution in [1.82, 2.24) is 0 Å². The zero-order valence-corrected chi connectivity index (χ0v) is 11.3. The Morgan fingerprint density at radius 1 is 1.27 bits per heavy atom. The Bertz CT molecular complexity index is 204. The van der Waals surface area contributed by atoms with Gasteiger partial charge in [-0.3, -0.25) is 0 Å². The summed E-state index contributed by atoms with van der Waals surface area (Å²) < 4.78 is 0. The van der Waals surface area contributed by atoms with Crippen molar-refractivity contribution < 1.29 is 0 Å². The molecular weight excluding hydrogens is 180 g/mol. The maximum absolute atomic E-state index is 3.44. The van der Waals surface area contributed by atoms with Crippen molar-refractivity contribution in [2.45, 2.75) is 66.7 Å². The van der Waals surface area contributed by atoms with Crippen LogP contribution in [0.1, 0.15) is 66.7 Å². The summed E-state index contributed by atoms with van der Waals surface area (Å²) in [5.74, 6) is 1.57. The van der Waals surface area contributed by atoms with E-state index in [1.165, 1.54) is 31.3 Å². The minimum absolute atomic E-state index is 0.770. The van der Waals surface area contributed by atoms with Crippen LogP contribution < -0.4 is 0 Å². The highest BCUT2D eigenvalue weighted by Crippen LogP contribution is 2.26. The maximum atomic E-state index is 3.44. The van der Waals surface area contributed by atoms with Crippen molar-refractivity contribution in [2.24, 2.45) is 11.8 Å². The molecule has 0 aromatic heterocycles. The summed E-state index contributed by atoms with van der Waals surface area (Å²) >= 11 is 0. The Kier molecular flexibility index (Phi) is 8.52. The molecule has 1 unspecified atom stereocenters. The van der Waals surface area contributed by atoms with Gasteiger partial charge in [0, 0.05) is 0 Å². The fourth-order valence-corrected chi connectivity index (χ4v) is 2.15. The van der Waals surface area contributed by atoms with Crippen LogP contribution in [-0.4, -0.2) is 0 Å². The predicted molar refractivity (Wildman–Crippen MR) is 70.0 cm³/mol. The smallest absolute Gasteiger partial charge is 0.0125 e. The molecule has 0 aliphatic carbocycles. The molecule has 0 bridgehead atoms. The summed E-state index contributed by atoms with van der Waals surface area (Å²) in [6.45, 7) is 11.2. The highest BCUT2D eigenvalue weighted by Gasteiger charge is 2.13. The van der Waals surface area contributed by atoms with Gasteiger partial charge in [-0.2, -0.15) is 0 Å². The van der Waals surface area contributed by atoms with Crippen LogP contribution >= 0.6 is 0 Å². The van der Waals surface area contributed by atoms with Crippen LogP contribution in [0.5, 0.6) is 0 Å². The van der Waals surface area contributed by atoms with Crippen molar-refractivity contribution >= 4 is 0 Å². The molecular formula is C15H28. The maximum Gasteiger partial charge on any atom is -0.0125 e. The third-order valence-electron chi connectivity index (χ3n) is 2.87. The molecule has 0 amide bonds. The predicted octanol–water partition coefficient (Wildman–Crippen LogP) is 5.35. The molecule has 15 heavy (non-hydrogen) atoms. The minimum atomic E-state index is 0.770. The van der Waals surface area contributed by atoms with E-state index in [1.807, 2.05) is 0 Å². The Morgan fingerprint density at radius 3 is 2.33 bits per heavy atom. The number of allylic oxidation sites excluding steroid dienone is 1. The first-order valence-electron chi connectivity index (χ1n) is 6.55. The van der Waals surface area contributed by atoms with Gasteiger partial charge < -0.3 is 0 Å². The largest absolute Gasteiger partial charge is 0.126 e. The van der Waals surface area contributed by atoms with Gasteiger partial charge in [-0.05, 0) is 49.7 Å². The van der Waals surface area contributed by atoms with Crippen LogP contribution in [0.4, 0.5) is 0 Å². The van der Waals surface area contributed by atoms with Crippen molar-refractivity contribution in [3.05, 3.63) is 17.4 Å². The van der Waals surface area contributed by atoms with Crippen molar-refractivity contribution in [3.63, 3.8) is 0 Å². The molecule has 0 aliphatic rings. The zero-order valence-electron chi connectivity index (χ0n) is 11.3. The van der Waals surface area contributed by atoms with Gasteiger partial charge in [0.25, 0.3) is 0 Å². The molecule has 0 aromatic carbocycles. The lowest BCUT2D eigenvalue weighted by atomic mass is 9.85. The molecule has 88 valence electrons. The monoisotopic (exact) mass is 208 g/mol. The highest BCUT2D eigenvalue weighted by molar-refractivity contribution is 5.05. The van der Waals surface area contributed by atoms with Gasteiger partial charge in [0.15, 0.2) is 0 Å². The van der Waals surface area contributed by atoms with Gasteiger partial charge >= 0.3 is 0 Å². The molecule has 0 saturated carbocycles. The van der Waals surface area contributed by atoms with E-state index in [4.69, 9.17) is 0 Å². The number of unbranched alkanes of at least 4 members (excludes halogenated alkanes) is 1. The summed E-state index contributed by atoms with van der Waals surface area (Å²) in [5, 5.41) is 0. The first-order valence-corrected chi connectivity index (χ1v) is 6.55. The molecule has 0 heterocycles. The first-order chi connectivity index (χ1) is 7.15. The summed E-state index contributed by atoms with van der Waals surface area (Å²) in [6.07, 6.45) is 8.56. The summed E-state index contributed by atoms with van der Waals surface area (Å²) in [5.41, 5.74) is 4.97. The molecule has 0 saturated heterocycles. The lowest BCUT2D eigenvalue weighted by molar-refractivity contribution is 0.416. The molecule has 0 N–H and O–H groups in total. The second-order valence-electron chi connectivity index (χ2n) is 4.78. The van der Waals surface area contributed by atoms with Gasteiger partial charge in [0.2, 0.25) is 0 Å². The summed E-state index contributed by atoms with van der Waals surface area (Å²) in [7, 11) is 0. The molecule has 0 radical (unpaired) electrons. The van der Waals surface area contributed by atoms with Crippen molar-refractivity contribution in [1.29, 1.82) is 0 Å². The van der Waals surface area contributed by atoms with E-state index in [2.05, 4.69) is 46.4 Å². The van der Waals surface area contributed by atoms with E-state index in [0.29, 0.717) is 0 Å². The van der Waals surface area contributed by atoms with Gasteiger partial charge in [-0.25, -0.2) is 0 Å². The molecule has 0 aliphatic heterocycles. The average molecular weight is 208 g/mol. The van der Waals surface area contributed by atoms with Crippen LogP contribution in [0.15, 0.2) is 17.4 Å². The van der Waals surface area contributed by atoms with Crippen LogP contribution in [0, 0.1) is 11.8 Å². The van der Waals surface area contributed by atoms with E-state index in [0.717, 1.165) is 18.3 Å². The fourth-order valence-electron chi connectivity index (χ4n) is 2.15. The van der Waals surface area contributed by atoms with Crippen molar-refractivity contribution in [2.75, 3.05) is 0 Å². The summed E-state index contributed by atoms with van der Waals surface area (Å²) in [4.78, 5) is 0. The van der Waals surface area contributed by atoms with E-state index >= 15 is 0 Å². The van der Waals surface area contributed by atoms with Crippen LogP contribution in [0.25, 0.3) is 0 Å². The van der Waals surface area contributed by atoms with Gasteiger partial charge in [0.05, 0.1) is 0 Å². The Hall–Kier alpha value is -0.480. The standard InChI is InChI=1S/C15H28/c1-6-9-11-15(12-13(4)5)14(8-3)10-7-2/h7,13,15H,6,8-9,11-12H2,1-5H3. The molecule has 0 aromatic rings. The van der Waals surface area contributed by atoms with E-state index in [-0.39, 0.29) is 0 Å². The third-order valence-corrected chi connectivity index (χ3v) is 2.87. The third kappa shape index (κ3) is 6.57. The van der Waals surface area contributed by atoms with Crippen LogP contribution in [-0.2, 0) is 0 Å².